The van der Waals surface area contributed by atoms with Gasteiger partial charge in [0.25, 0.3) is 5.56 Å². The molecule has 2 aromatic heterocycles. The van der Waals surface area contributed by atoms with Crippen LogP contribution in [-0.2, 0) is 11.3 Å². The van der Waals surface area contributed by atoms with Gasteiger partial charge in [-0.05, 0) is 31.0 Å². The molecule has 1 aromatic carbocycles. The Morgan fingerprint density at radius 2 is 2.04 bits per heavy atom. The lowest BCUT2D eigenvalue weighted by Gasteiger charge is -2.32. The van der Waals surface area contributed by atoms with Crippen molar-refractivity contribution >= 4 is 16.9 Å². The van der Waals surface area contributed by atoms with Crippen molar-refractivity contribution in [2.24, 2.45) is 0 Å². The molecule has 0 saturated carbocycles. The average molecular weight is 350 g/mol. The number of fused-ring (bicyclic) bond motifs is 1. The number of aromatic nitrogens is 3. The first-order chi connectivity index (χ1) is 12.7. The van der Waals surface area contributed by atoms with E-state index in [4.69, 9.17) is 4.98 Å². The van der Waals surface area contributed by atoms with Crippen LogP contribution in [0.15, 0.2) is 53.5 Å². The SMILES string of the molecule is O=C(CCn1ccccc1=O)N1CCC[C@@H](c2nc3ccccc3[nH]2)C1. The molecule has 26 heavy (non-hydrogen) atoms. The number of rotatable bonds is 4. The highest BCUT2D eigenvalue weighted by Gasteiger charge is 2.26. The quantitative estimate of drug-likeness (QED) is 0.786. The van der Waals surface area contributed by atoms with E-state index >= 15 is 0 Å². The zero-order chi connectivity index (χ0) is 17.9. The maximum Gasteiger partial charge on any atom is 0.250 e. The standard InChI is InChI=1S/C20H22N4O2/c25-18-9-3-4-11-23(18)13-10-19(26)24-12-5-6-15(14-24)20-21-16-7-1-2-8-17(16)22-20/h1-4,7-9,11,15H,5-6,10,12-14H2,(H,21,22)/t15-/m1/s1. The maximum absolute atomic E-state index is 12.6. The Labute approximate surface area is 151 Å². The number of aromatic amines is 1. The van der Waals surface area contributed by atoms with Gasteiger partial charge in [-0.25, -0.2) is 4.98 Å². The number of hydrogen-bond acceptors (Lipinski definition) is 3. The van der Waals surface area contributed by atoms with Crippen LogP contribution < -0.4 is 5.56 Å². The summed E-state index contributed by atoms with van der Waals surface area (Å²) < 4.78 is 1.58. The van der Waals surface area contributed by atoms with Crippen LogP contribution in [0.1, 0.15) is 31.0 Å². The van der Waals surface area contributed by atoms with Crippen molar-refractivity contribution in [3.8, 4) is 0 Å². The Bertz CT molecular complexity index is 942. The van der Waals surface area contributed by atoms with Crippen LogP contribution in [-0.4, -0.2) is 38.4 Å². The van der Waals surface area contributed by atoms with Crippen LogP contribution in [0.4, 0.5) is 0 Å². The van der Waals surface area contributed by atoms with E-state index in [0.717, 1.165) is 36.2 Å². The number of carbonyl (C=O) groups excluding carboxylic acids is 1. The lowest BCUT2D eigenvalue weighted by atomic mass is 9.97. The predicted octanol–water partition coefficient (Wildman–Crippen LogP) is 2.52. The van der Waals surface area contributed by atoms with E-state index in [1.54, 1.807) is 16.8 Å². The number of benzene rings is 1. The van der Waals surface area contributed by atoms with Crippen molar-refractivity contribution in [2.45, 2.75) is 31.7 Å². The number of aryl methyl sites for hydroxylation is 1. The number of likely N-dealkylation sites (tertiary alicyclic amines) is 1. The third-order valence-electron chi connectivity index (χ3n) is 5.03. The third-order valence-corrected chi connectivity index (χ3v) is 5.03. The molecule has 3 aromatic rings. The van der Waals surface area contributed by atoms with Crippen LogP contribution in [0, 0.1) is 0 Å². The van der Waals surface area contributed by atoms with E-state index in [-0.39, 0.29) is 17.4 Å². The van der Waals surface area contributed by atoms with E-state index in [2.05, 4.69) is 4.98 Å². The second kappa shape index (κ2) is 7.15. The largest absolute Gasteiger partial charge is 0.342 e. The van der Waals surface area contributed by atoms with Gasteiger partial charge in [0.2, 0.25) is 5.91 Å². The number of piperidine rings is 1. The molecule has 6 heteroatoms. The molecule has 0 bridgehead atoms. The fraction of sp³-hybridized carbons (Fsp3) is 0.350. The van der Waals surface area contributed by atoms with Gasteiger partial charge in [0.05, 0.1) is 11.0 Å². The van der Waals surface area contributed by atoms with Gasteiger partial charge < -0.3 is 14.5 Å². The zero-order valence-electron chi connectivity index (χ0n) is 14.6. The van der Waals surface area contributed by atoms with Gasteiger partial charge >= 0.3 is 0 Å². The Kier molecular flexibility index (Phi) is 4.56. The average Bonchev–Trinajstić information content (AvgIpc) is 3.11. The fourth-order valence-electron chi connectivity index (χ4n) is 3.61. The smallest absolute Gasteiger partial charge is 0.250 e. The molecule has 1 saturated heterocycles. The highest BCUT2D eigenvalue weighted by molar-refractivity contribution is 5.76. The first-order valence-electron chi connectivity index (χ1n) is 9.08. The fourth-order valence-corrected chi connectivity index (χ4v) is 3.61. The van der Waals surface area contributed by atoms with Gasteiger partial charge in [-0.1, -0.05) is 18.2 Å². The lowest BCUT2D eigenvalue weighted by molar-refractivity contribution is -0.132. The van der Waals surface area contributed by atoms with Gasteiger partial charge in [-0.3, -0.25) is 9.59 Å². The summed E-state index contributed by atoms with van der Waals surface area (Å²) in [5.74, 6) is 1.30. The topological polar surface area (TPSA) is 71.0 Å². The van der Waals surface area contributed by atoms with Crippen molar-refractivity contribution in [1.29, 1.82) is 0 Å². The summed E-state index contributed by atoms with van der Waals surface area (Å²) in [6, 6.07) is 13.0. The Morgan fingerprint density at radius 3 is 2.88 bits per heavy atom. The normalized spacial score (nSPS) is 17.5. The molecule has 1 fully saturated rings. The number of H-pyrrole nitrogens is 1. The summed E-state index contributed by atoms with van der Waals surface area (Å²) in [4.78, 5) is 34.4. The number of amides is 1. The first kappa shape index (κ1) is 16.6. The molecule has 1 N–H and O–H groups in total. The Balaban J connectivity index is 1.42. The summed E-state index contributed by atoms with van der Waals surface area (Å²) in [6.07, 6.45) is 4.07. The van der Waals surface area contributed by atoms with Gasteiger partial charge in [-0.15, -0.1) is 0 Å². The van der Waals surface area contributed by atoms with Crippen molar-refractivity contribution in [3.63, 3.8) is 0 Å². The van der Waals surface area contributed by atoms with Crippen LogP contribution in [0.3, 0.4) is 0 Å². The minimum Gasteiger partial charge on any atom is -0.342 e. The first-order valence-corrected chi connectivity index (χ1v) is 9.08. The van der Waals surface area contributed by atoms with Crippen LogP contribution >= 0.6 is 0 Å². The van der Waals surface area contributed by atoms with Crippen LogP contribution in [0.25, 0.3) is 11.0 Å². The summed E-state index contributed by atoms with van der Waals surface area (Å²) in [7, 11) is 0. The number of imidazole rings is 1. The predicted molar refractivity (Wildman–Crippen MR) is 100.0 cm³/mol. The number of carbonyl (C=O) groups is 1. The van der Waals surface area contributed by atoms with Crippen LogP contribution in [0.5, 0.6) is 0 Å². The maximum atomic E-state index is 12.6. The van der Waals surface area contributed by atoms with Crippen molar-refractivity contribution in [3.05, 3.63) is 64.8 Å². The molecule has 1 amide bonds. The molecule has 1 atom stereocenters. The highest BCUT2D eigenvalue weighted by atomic mass is 16.2. The summed E-state index contributed by atoms with van der Waals surface area (Å²) in [6.45, 7) is 1.88. The number of pyridine rings is 1. The molecular weight excluding hydrogens is 328 g/mol. The molecule has 0 unspecified atom stereocenters. The third kappa shape index (κ3) is 3.40. The molecule has 0 spiro atoms. The molecular formula is C20H22N4O2. The summed E-state index contributed by atoms with van der Waals surface area (Å²) in [5, 5.41) is 0. The van der Waals surface area contributed by atoms with Crippen molar-refractivity contribution in [1.82, 2.24) is 19.4 Å². The Morgan fingerprint density at radius 1 is 1.19 bits per heavy atom. The van der Waals surface area contributed by atoms with Gasteiger partial charge in [0.1, 0.15) is 5.82 Å². The second-order valence-electron chi connectivity index (χ2n) is 6.80. The zero-order valence-corrected chi connectivity index (χ0v) is 14.6. The minimum absolute atomic E-state index is 0.0703. The molecule has 1 aliphatic heterocycles. The second-order valence-corrected chi connectivity index (χ2v) is 6.80. The van der Waals surface area contributed by atoms with Gasteiger partial charge in [0, 0.05) is 44.2 Å². The Hall–Kier alpha value is -2.89. The van der Waals surface area contributed by atoms with Crippen molar-refractivity contribution in [2.75, 3.05) is 13.1 Å². The molecule has 134 valence electrons. The van der Waals surface area contributed by atoms with Crippen LogP contribution in [0.2, 0.25) is 0 Å². The van der Waals surface area contributed by atoms with E-state index < -0.39 is 0 Å². The summed E-state index contributed by atoms with van der Waals surface area (Å²) >= 11 is 0. The lowest BCUT2D eigenvalue weighted by Crippen LogP contribution is -2.40. The molecule has 0 radical (unpaired) electrons. The van der Waals surface area contributed by atoms with Gasteiger partial charge in [0.15, 0.2) is 0 Å². The van der Waals surface area contributed by atoms with E-state index in [1.807, 2.05) is 35.2 Å². The molecule has 3 heterocycles. The van der Waals surface area contributed by atoms with E-state index in [1.165, 1.54) is 6.07 Å². The monoisotopic (exact) mass is 350 g/mol. The van der Waals surface area contributed by atoms with Crippen molar-refractivity contribution < 1.29 is 4.79 Å². The molecule has 0 aliphatic carbocycles. The number of hydrogen-bond donors (Lipinski definition) is 1. The highest BCUT2D eigenvalue weighted by Crippen LogP contribution is 2.27. The minimum atomic E-state index is -0.0703. The molecule has 1 aliphatic rings. The number of nitrogens with one attached hydrogen (secondary N) is 1. The number of para-hydroxylation sites is 2. The molecule has 4 rings (SSSR count). The van der Waals surface area contributed by atoms with Gasteiger partial charge in [-0.2, -0.15) is 0 Å². The molecule has 6 nitrogen and oxygen atoms in total. The van der Waals surface area contributed by atoms with E-state index in [0.29, 0.717) is 19.5 Å². The number of nitrogens with zero attached hydrogens (tertiary/aromatic N) is 3. The van der Waals surface area contributed by atoms with E-state index in [9.17, 15) is 9.59 Å². The summed E-state index contributed by atoms with van der Waals surface area (Å²) in [5.41, 5.74) is 1.93.